The first-order valence-corrected chi connectivity index (χ1v) is 7.43. The molecule has 0 saturated carbocycles. The maximum absolute atomic E-state index is 13.0. The molecular weight excluding hydrogens is 303 g/mol. The van der Waals surface area contributed by atoms with E-state index in [1.165, 1.54) is 12.1 Å². The van der Waals surface area contributed by atoms with Crippen molar-refractivity contribution >= 4 is 33.5 Å². The van der Waals surface area contributed by atoms with Crippen molar-refractivity contribution in [2.24, 2.45) is 0 Å². The molecular formula is C12H13FN2O5S. The molecule has 1 aromatic carbocycles. The summed E-state index contributed by atoms with van der Waals surface area (Å²) in [6.07, 6.45) is -0.477. The van der Waals surface area contributed by atoms with Crippen molar-refractivity contribution in [1.29, 1.82) is 0 Å². The topological polar surface area (TPSA) is 118 Å². The van der Waals surface area contributed by atoms with Gasteiger partial charge in [-0.15, -0.1) is 3.89 Å². The number of amides is 1. The van der Waals surface area contributed by atoms with Gasteiger partial charge in [-0.3, -0.25) is 4.79 Å². The fraction of sp³-hybridized carbons (Fsp3) is 0.333. The molecule has 2 rings (SSSR count). The first-order chi connectivity index (χ1) is 9.61. The molecule has 1 saturated heterocycles. The smallest absolute Gasteiger partial charge is 0.335 e. The van der Waals surface area contributed by atoms with Crippen LogP contribution in [0.15, 0.2) is 12.1 Å². The normalized spacial score (nSPS) is 19.0. The molecule has 1 aromatic rings. The number of carbonyl (C=O) groups excluding carboxylic acids is 1. The monoisotopic (exact) mass is 316 g/mol. The molecule has 1 aliphatic rings. The molecule has 1 fully saturated rings. The zero-order valence-electron chi connectivity index (χ0n) is 11.0. The molecule has 7 nitrogen and oxygen atoms in total. The summed E-state index contributed by atoms with van der Waals surface area (Å²) in [5.74, 6) is -1.82. The number of hydrogen-bond donors (Lipinski definition) is 2. The Labute approximate surface area is 120 Å². The van der Waals surface area contributed by atoms with E-state index in [4.69, 9.17) is 10.8 Å². The van der Waals surface area contributed by atoms with Crippen molar-refractivity contribution in [1.82, 2.24) is 0 Å². The van der Waals surface area contributed by atoms with E-state index in [0.717, 1.165) is 4.90 Å². The Balaban J connectivity index is 2.47. The van der Waals surface area contributed by atoms with Gasteiger partial charge in [0.25, 0.3) is 0 Å². The Morgan fingerprint density at radius 2 is 2.10 bits per heavy atom. The minimum absolute atomic E-state index is 0.132. The fourth-order valence-electron chi connectivity index (χ4n) is 2.22. The molecule has 1 heterocycles. The second-order valence-corrected chi connectivity index (χ2v) is 6.44. The van der Waals surface area contributed by atoms with Crippen molar-refractivity contribution in [3.8, 4) is 0 Å². The van der Waals surface area contributed by atoms with E-state index in [1.807, 2.05) is 0 Å². The third-order valence-electron chi connectivity index (χ3n) is 3.45. The largest absolute Gasteiger partial charge is 0.478 e. The van der Waals surface area contributed by atoms with Crippen molar-refractivity contribution in [2.45, 2.75) is 18.6 Å². The Hall–Kier alpha value is -2.16. The maximum Gasteiger partial charge on any atom is 0.335 e. The number of nitrogens with zero attached hydrogens (tertiary/aromatic N) is 1. The number of carboxylic acids is 1. The van der Waals surface area contributed by atoms with Crippen LogP contribution in [0.4, 0.5) is 15.3 Å². The summed E-state index contributed by atoms with van der Waals surface area (Å²) < 4.78 is 34.9. The summed E-state index contributed by atoms with van der Waals surface area (Å²) in [4.78, 5) is 24.0. The lowest BCUT2D eigenvalue weighted by atomic mass is 10.1. The number of rotatable bonds is 3. The molecule has 0 bridgehead atoms. The summed E-state index contributed by atoms with van der Waals surface area (Å²) in [7, 11) is -4.84. The molecule has 9 heteroatoms. The van der Waals surface area contributed by atoms with Gasteiger partial charge in [0.05, 0.1) is 5.56 Å². The van der Waals surface area contributed by atoms with Gasteiger partial charge in [0.1, 0.15) is 5.25 Å². The predicted molar refractivity (Wildman–Crippen MR) is 73.3 cm³/mol. The van der Waals surface area contributed by atoms with Gasteiger partial charge in [0.15, 0.2) is 0 Å². The van der Waals surface area contributed by atoms with Crippen molar-refractivity contribution < 1.29 is 27.0 Å². The summed E-state index contributed by atoms with van der Waals surface area (Å²) >= 11 is 0. The zero-order valence-corrected chi connectivity index (χ0v) is 11.9. The van der Waals surface area contributed by atoms with Gasteiger partial charge in [-0.1, -0.05) is 0 Å². The highest BCUT2D eigenvalue weighted by atomic mass is 32.3. The fourth-order valence-corrected chi connectivity index (χ4v) is 2.89. The highest BCUT2D eigenvalue weighted by Crippen LogP contribution is 2.32. The van der Waals surface area contributed by atoms with E-state index >= 15 is 0 Å². The number of halogens is 1. The Kier molecular flexibility index (Phi) is 3.62. The van der Waals surface area contributed by atoms with Gasteiger partial charge in [0, 0.05) is 24.3 Å². The first kappa shape index (κ1) is 15.2. The second kappa shape index (κ2) is 4.99. The van der Waals surface area contributed by atoms with Crippen LogP contribution >= 0.6 is 0 Å². The van der Waals surface area contributed by atoms with Crippen LogP contribution in [-0.4, -0.2) is 37.2 Å². The Morgan fingerprint density at radius 3 is 2.57 bits per heavy atom. The molecule has 0 spiro atoms. The van der Waals surface area contributed by atoms with Gasteiger partial charge in [-0.2, -0.15) is 8.42 Å². The van der Waals surface area contributed by atoms with Crippen LogP contribution in [0.3, 0.4) is 0 Å². The molecule has 0 aromatic heterocycles. The zero-order chi connectivity index (χ0) is 15.9. The van der Waals surface area contributed by atoms with Crippen LogP contribution in [0.5, 0.6) is 0 Å². The van der Waals surface area contributed by atoms with E-state index in [-0.39, 0.29) is 23.5 Å². The van der Waals surface area contributed by atoms with Gasteiger partial charge in [-0.05, 0) is 24.6 Å². The number of aromatic carboxylic acids is 1. The lowest BCUT2D eigenvalue weighted by Gasteiger charge is -2.20. The second-order valence-electron chi connectivity index (χ2n) is 4.82. The summed E-state index contributed by atoms with van der Waals surface area (Å²) in [5.41, 5.74) is 6.34. The van der Waals surface area contributed by atoms with Crippen LogP contribution < -0.4 is 10.6 Å². The third kappa shape index (κ3) is 2.82. The van der Waals surface area contributed by atoms with Crippen LogP contribution in [-0.2, 0) is 15.0 Å². The standard InChI is InChI=1S/C12H13FN2O5S/c1-6-9(14)2-7(12(17)18)3-10(6)15-5-8(4-11(15)16)21(13,19)20/h2-3,8H,4-5,14H2,1H3,(H,17,18). The summed E-state index contributed by atoms with van der Waals surface area (Å²) in [5, 5.41) is 7.55. The minimum Gasteiger partial charge on any atom is -0.478 e. The van der Waals surface area contributed by atoms with Crippen LogP contribution in [0.2, 0.25) is 0 Å². The molecule has 1 aliphatic heterocycles. The molecule has 114 valence electrons. The van der Waals surface area contributed by atoms with E-state index in [0.29, 0.717) is 5.56 Å². The maximum atomic E-state index is 13.0. The van der Waals surface area contributed by atoms with Crippen molar-refractivity contribution in [3.05, 3.63) is 23.3 Å². The average Bonchev–Trinajstić information content (AvgIpc) is 2.74. The number of hydrogen-bond acceptors (Lipinski definition) is 5. The molecule has 0 radical (unpaired) electrons. The summed E-state index contributed by atoms with van der Waals surface area (Å²) in [6.45, 7) is 1.21. The van der Waals surface area contributed by atoms with Gasteiger partial charge < -0.3 is 15.7 Å². The number of nitrogen functional groups attached to an aromatic ring is 1. The molecule has 21 heavy (non-hydrogen) atoms. The lowest BCUT2D eigenvalue weighted by Crippen LogP contribution is -2.28. The predicted octanol–water partition coefficient (Wildman–Crippen LogP) is 0.680. The van der Waals surface area contributed by atoms with E-state index in [1.54, 1.807) is 6.92 Å². The number of carboxylic acid groups (broad SMARTS) is 1. The quantitative estimate of drug-likeness (QED) is 0.625. The number of carbonyl (C=O) groups is 2. The number of nitrogens with two attached hydrogens (primary N) is 1. The number of benzene rings is 1. The van der Waals surface area contributed by atoms with Gasteiger partial charge in [-0.25, -0.2) is 4.79 Å². The number of anilines is 2. The van der Waals surface area contributed by atoms with Crippen LogP contribution in [0.1, 0.15) is 22.3 Å². The van der Waals surface area contributed by atoms with E-state index < -0.39 is 33.8 Å². The van der Waals surface area contributed by atoms with Crippen molar-refractivity contribution in [2.75, 3.05) is 17.2 Å². The average molecular weight is 316 g/mol. The Morgan fingerprint density at radius 1 is 1.48 bits per heavy atom. The Bertz CT molecular complexity index is 731. The van der Waals surface area contributed by atoms with Gasteiger partial charge in [0.2, 0.25) is 5.91 Å². The SMILES string of the molecule is Cc1c(N)cc(C(=O)O)cc1N1CC(S(=O)(=O)F)CC1=O. The lowest BCUT2D eigenvalue weighted by molar-refractivity contribution is -0.117. The van der Waals surface area contributed by atoms with E-state index in [9.17, 15) is 21.9 Å². The highest BCUT2D eigenvalue weighted by Gasteiger charge is 2.39. The molecule has 1 unspecified atom stereocenters. The molecule has 0 aliphatic carbocycles. The molecule has 1 atom stereocenters. The highest BCUT2D eigenvalue weighted by molar-refractivity contribution is 7.87. The third-order valence-corrected chi connectivity index (χ3v) is 4.56. The van der Waals surface area contributed by atoms with Crippen molar-refractivity contribution in [3.63, 3.8) is 0 Å². The van der Waals surface area contributed by atoms with E-state index in [2.05, 4.69) is 0 Å². The van der Waals surface area contributed by atoms with Crippen LogP contribution in [0, 0.1) is 6.92 Å². The van der Waals surface area contributed by atoms with Crippen LogP contribution in [0.25, 0.3) is 0 Å². The molecule has 1 amide bonds. The first-order valence-electron chi connectivity index (χ1n) is 5.98. The summed E-state index contributed by atoms with van der Waals surface area (Å²) in [6, 6.07) is 2.46. The van der Waals surface area contributed by atoms with Gasteiger partial charge >= 0.3 is 16.2 Å². The minimum atomic E-state index is -4.84. The molecule has 3 N–H and O–H groups in total.